The topological polar surface area (TPSA) is 0 Å². The van der Waals surface area contributed by atoms with E-state index >= 15 is 0 Å². The van der Waals surface area contributed by atoms with Crippen LogP contribution in [0.15, 0.2) is 0 Å². The van der Waals surface area contributed by atoms with Crippen LogP contribution < -0.4 is 0 Å². The van der Waals surface area contributed by atoms with Crippen LogP contribution in [0.2, 0.25) is 0 Å². The van der Waals surface area contributed by atoms with Crippen LogP contribution >= 0.6 is 18.1 Å². The van der Waals surface area contributed by atoms with Crippen molar-refractivity contribution >= 4 is 30.0 Å². The van der Waals surface area contributed by atoms with Crippen molar-refractivity contribution in [1.82, 2.24) is 0 Å². The molecule has 0 aliphatic rings. The molecule has 0 aromatic carbocycles. The molecule has 0 N–H and O–H groups in total. The van der Waals surface area contributed by atoms with Crippen LogP contribution in [-0.4, -0.2) is 6.16 Å². The maximum atomic E-state index is 5.14. The summed E-state index contributed by atoms with van der Waals surface area (Å²) >= 11 is 9.47. The highest BCUT2D eigenvalue weighted by Crippen LogP contribution is 2.32. The van der Waals surface area contributed by atoms with E-state index in [0.29, 0.717) is 0 Å². The third-order valence-electron chi connectivity index (χ3n) is 2.01. The fourth-order valence-electron chi connectivity index (χ4n) is 1.19. The lowest BCUT2D eigenvalue weighted by Gasteiger charge is -2.12. The van der Waals surface area contributed by atoms with Crippen LogP contribution in [0.25, 0.3) is 0 Å². The van der Waals surface area contributed by atoms with Gasteiger partial charge in [0.2, 0.25) is 0 Å². The Balaban J connectivity index is 3.49. The average Bonchev–Trinajstić information content (AvgIpc) is 1.97. The Morgan fingerprint density at radius 3 is 2.45 bits per heavy atom. The smallest absolute Gasteiger partial charge is 0.00832 e. The van der Waals surface area contributed by atoms with Gasteiger partial charge >= 0.3 is 0 Å². The predicted molar refractivity (Wildman–Crippen MR) is 62.8 cm³/mol. The number of thiol groups is 1. The third kappa shape index (κ3) is 7.36. The molecule has 0 fully saturated rings. The maximum Gasteiger partial charge on any atom is -0.00832 e. The normalized spacial score (nSPS) is 16.3. The molecule has 0 radical (unpaired) electrons. The molecule has 0 rings (SSSR count). The summed E-state index contributed by atoms with van der Waals surface area (Å²) in [7, 11) is 0. The molecule has 0 heterocycles. The molecule has 0 aliphatic carbocycles. The molecule has 11 heavy (non-hydrogen) atoms. The Morgan fingerprint density at radius 1 is 1.45 bits per heavy atom. The molecular formula is C8H19PS2. The van der Waals surface area contributed by atoms with Crippen LogP contribution in [0.5, 0.6) is 0 Å². The van der Waals surface area contributed by atoms with Crippen LogP contribution in [0.4, 0.5) is 0 Å². The molecule has 0 nitrogen and oxygen atoms in total. The van der Waals surface area contributed by atoms with Gasteiger partial charge in [0.05, 0.1) is 0 Å². The summed E-state index contributed by atoms with van der Waals surface area (Å²) in [6, 6.07) is 0. The Labute approximate surface area is 81.7 Å². The summed E-state index contributed by atoms with van der Waals surface area (Å²) in [6.07, 6.45) is 6.52. The van der Waals surface area contributed by atoms with Gasteiger partial charge in [0.25, 0.3) is 0 Å². The zero-order chi connectivity index (χ0) is 8.69. The van der Waals surface area contributed by atoms with Crippen LogP contribution in [0.3, 0.4) is 0 Å². The summed E-state index contributed by atoms with van der Waals surface area (Å²) < 4.78 is 0. The fraction of sp³-hybridized carbons (Fsp3) is 1.00. The van der Waals surface area contributed by atoms with Crippen molar-refractivity contribution in [3.8, 4) is 0 Å². The van der Waals surface area contributed by atoms with Gasteiger partial charge in [0.15, 0.2) is 0 Å². The van der Waals surface area contributed by atoms with Crippen molar-refractivity contribution in [3.05, 3.63) is 0 Å². The highest BCUT2D eigenvalue weighted by Gasteiger charge is 2.05. The van der Waals surface area contributed by atoms with Crippen LogP contribution in [-0.2, 0) is 11.8 Å². The molecule has 2 atom stereocenters. The molecule has 0 saturated carbocycles. The van der Waals surface area contributed by atoms with E-state index in [4.69, 9.17) is 11.8 Å². The van der Waals surface area contributed by atoms with Gasteiger partial charge < -0.3 is 0 Å². The van der Waals surface area contributed by atoms with E-state index in [1.165, 1.54) is 31.8 Å². The second-order valence-electron chi connectivity index (χ2n) is 3.01. The average molecular weight is 210 g/mol. The summed E-state index contributed by atoms with van der Waals surface area (Å²) in [5, 5.41) is 0. The molecular weight excluding hydrogens is 191 g/mol. The maximum absolute atomic E-state index is 5.14. The molecule has 2 unspecified atom stereocenters. The molecule has 0 aromatic heterocycles. The Bertz CT molecular complexity index is 115. The Hall–Kier alpha value is 1.00. The lowest BCUT2D eigenvalue weighted by atomic mass is 10.0. The quantitative estimate of drug-likeness (QED) is 0.515. The predicted octanol–water partition coefficient (Wildman–Crippen LogP) is 3.72. The molecule has 0 aliphatic heterocycles. The Morgan fingerprint density at radius 2 is 2.09 bits per heavy atom. The van der Waals surface area contributed by atoms with Gasteiger partial charge in [-0.15, -0.1) is 12.2 Å². The monoisotopic (exact) mass is 210 g/mol. The lowest BCUT2D eigenvalue weighted by molar-refractivity contribution is 0.499. The van der Waals surface area contributed by atoms with Crippen LogP contribution in [0, 0.1) is 5.92 Å². The van der Waals surface area contributed by atoms with E-state index in [9.17, 15) is 0 Å². The molecule has 0 spiro atoms. The van der Waals surface area contributed by atoms with E-state index < -0.39 is 5.90 Å². The highest BCUT2D eigenvalue weighted by atomic mass is 32.9. The van der Waals surface area contributed by atoms with E-state index in [1.807, 2.05) is 0 Å². The van der Waals surface area contributed by atoms with Gasteiger partial charge in [0, 0.05) is 0 Å². The van der Waals surface area contributed by atoms with Crippen molar-refractivity contribution in [2.24, 2.45) is 5.92 Å². The van der Waals surface area contributed by atoms with E-state index in [0.717, 1.165) is 5.92 Å². The first-order chi connectivity index (χ1) is 5.20. The van der Waals surface area contributed by atoms with Gasteiger partial charge in [-0.3, -0.25) is 0 Å². The summed E-state index contributed by atoms with van der Waals surface area (Å²) in [5.74, 6) is 0.162. The fourth-order valence-corrected chi connectivity index (χ4v) is 3.66. The molecule has 0 amide bonds. The van der Waals surface area contributed by atoms with Gasteiger partial charge in [0.1, 0.15) is 0 Å². The minimum absolute atomic E-state index is 0.698. The summed E-state index contributed by atoms with van der Waals surface area (Å²) in [5.41, 5.74) is 0. The van der Waals surface area contributed by atoms with Crippen molar-refractivity contribution in [2.45, 2.75) is 39.5 Å². The zero-order valence-electron chi connectivity index (χ0n) is 7.47. The molecule has 3 heteroatoms. The molecule has 0 aromatic rings. The second kappa shape index (κ2) is 7.64. The second-order valence-corrected chi connectivity index (χ2v) is 8.22. The van der Waals surface area contributed by atoms with Crippen LogP contribution in [0.1, 0.15) is 39.5 Å². The lowest BCUT2D eigenvalue weighted by Crippen LogP contribution is -2.00. The first-order valence-electron chi connectivity index (χ1n) is 4.42. The van der Waals surface area contributed by atoms with Gasteiger partial charge in [-0.2, -0.15) is 0 Å². The number of rotatable bonds is 6. The highest BCUT2D eigenvalue weighted by molar-refractivity contribution is 8.56. The number of hydrogen-bond donors (Lipinski definition) is 1. The SMILES string of the molecule is CCCCC(CC)C[PH](=S)S. The van der Waals surface area contributed by atoms with Gasteiger partial charge in [-0.05, 0) is 18.0 Å². The van der Waals surface area contributed by atoms with Crippen molar-refractivity contribution < 1.29 is 0 Å². The first-order valence-corrected chi connectivity index (χ1v) is 8.55. The minimum Gasteiger partial charge on any atom is -0.144 e. The largest absolute Gasteiger partial charge is 0.144 e. The standard InChI is InChI=1S/C8H19PS2/c1-3-5-6-8(4-2)7-9(10)11/h8-9H,3-7H2,1-2H3,(H,10,11). The zero-order valence-corrected chi connectivity index (χ0v) is 10.2. The number of hydrogen-bond acceptors (Lipinski definition) is 1. The first kappa shape index (κ1) is 12.0. The van der Waals surface area contributed by atoms with Gasteiger partial charge in [-0.25, -0.2) is 0 Å². The van der Waals surface area contributed by atoms with E-state index in [-0.39, 0.29) is 0 Å². The van der Waals surface area contributed by atoms with Crippen molar-refractivity contribution in [3.63, 3.8) is 0 Å². The Kier molecular flexibility index (Phi) is 8.33. The third-order valence-corrected chi connectivity index (χ3v) is 3.98. The van der Waals surface area contributed by atoms with Crippen molar-refractivity contribution in [1.29, 1.82) is 0 Å². The van der Waals surface area contributed by atoms with E-state index in [1.54, 1.807) is 0 Å². The summed E-state index contributed by atoms with van der Waals surface area (Å²) in [6.45, 7) is 4.50. The number of unbranched alkanes of at least 4 members (excludes halogenated alkanes) is 1. The van der Waals surface area contributed by atoms with Crippen molar-refractivity contribution in [2.75, 3.05) is 6.16 Å². The minimum atomic E-state index is -0.698. The van der Waals surface area contributed by atoms with Gasteiger partial charge in [-0.1, -0.05) is 51.3 Å². The van der Waals surface area contributed by atoms with E-state index in [2.05, 4.69) is 26.1 Å². The molecule has 68 valence electrons. The molecule has 0 bridgehead atoms. The summed E-state index contributed by atoms with van der Waals surface area (Å²) in [4.78, 5) is 0. The molecule has 0 saturated heterocycles.